The molecule has 0 aliphatic heterocycles. The van der Waals surface area contributed by atoms with E-state index in [1.165, 1.54) is 0 Å². The van der Waals surface area contributed by atoms with E-state index >= 15 is 0 Å². The number of rotatable bonds is 4. The van der Waals surface area contributed by atoms with Gasteiger partial charge >= 0.3 is 0 Å². The van der Waals surface area contributed by atoms with Gasteiger partial charge in [0.2, 0.25) is 0 Å². The van der Waals surface area contributed by atoms with Crippen LogP contribution in [-0.4, -0.2) is 20.8 Å². The molecule has 0 saturated heterocycles. The fourth-order valence-electron chi connectivity index (χ4n) is 1.06. The first kappa shape index (κ1) is 9.57. The fourth-order valence-corrected chi connectivity index (χ4v) is 1.06. The van der Waals surface area contributed by atoms with Crippen LogP contribution >= 0.6 is 0 Å². The van der Waals surface area contributed by atoms with Crippen molar-refractivity contribution in [3.8, 4) is 0 Å². The van der Waals surface area contributed by atoms with Gasteiger partial charge in [-0.1, -0.05) is 5.16 Å². The highest BCUT2D eigenvalue weighted by Crippen LogP contribution is 1.97. The minimum Gasteiger partial charge on any atom is -0.409 e. The lowest BCUT2D eigenvalue weighted by atomic mass is 10.3. The summed E-state index contributed by atoms with van der Waals surface area (Å²) in [5.74, 6) is 0.267. The average Bonchev–Trinajstić information content (AvgIpc) is 2.51. The lowest BCUT2D eigenvalue weighted by molar-refractivity contribution is 0.316. The Hall–Kier alpha value is -1.52. The van der Waals surface area contributed by atoms with Crippen molar-refractivity contribution in [2.75, 3.05) is 0 Å². The normalized spacial score (nSPS) is 11.9. The molecule has 5 heteroatoms. The second-order valence-electron chi connectivity index (χ2n) is 2.98. The van der Waals surface area contributed by atoms with Gasteiger partial charge in [-0.05, 0) is 18.9 Å². The number of hydrogen-bond acceptors (Lipinski definition) is 3. The molecule has 0 aliphatic carbocycles. The van der Waals surface area contributed by atoms with Crippen LogP contribution in [0.3, 0.4) is 0 Å². The summed E-state index contributed by atoms with van der Waals surface area (Å²) in [6.07, 6.45) is 5.20. The van der Waals surface area contributed by atoms with Crippen molar-refractivity contribution in [3.63, 3.8) is 0 Å². The number of oxime groups is 1. The van der Waals surface area contributed by atoms with Crippen LogP contribution in [0, 0.1) is 6.92 Å². The molecule has 1 rings (SSSR count). The predicted octanol–water partition coefficient (Wildman–Crippen LogP) is 0.718. The van der Waals surface area contributed by atoms with E-state index in [0.29, 0.717) is 6.42 Å². The van der Waals surface area contributed by atoms with E-state index in [-0.39, 0.29) is 5.84 Å². The molecule has 0 unspecified atom stereocenters. The summed E-state index contributed by atoms with van der Waals surface area (Å²) in [5, 5.41) is 15.3. The summed E-state index contributed by atoms with van der Waals surface area (Å²) < 4.78 is 1.85. The summed E-state index contributed by atoms with van der Waals surface area (Å²) in [7, 11) is 0. The second kappa shape index (κ2) is 4.49. The van der Waals surface area contributed by atoms with E-state index in [1.807, 2.05) is 24.0 Å². The number of hydrogen-bond donors (Lipinski definition) is 2. The van der Waals surface area contributed by atoms with Crippen LogP contribution in [-0.2, 0) is 6.54 Å². The van der Waals surface area contributed by atoms with E-state index < -0.39 is 0 Å². The molecule has 0 saturated carbocycles. The standard InChI is InChI=1S/C8H14N4O/c1-7-5-10-12(6-7)4-2-3-8(9)11-13/h5-6,13H,2-4H2,1H3,(H2,9,11). The van der Waals surface area contributed by atoms with Gasteiger partial charge in [0.15, 0.2) is 0 Å². The molecule has 0 aliphatic rings. The Labute approximate surface area is 76.8 Å². The average molecular weight is 182 g/mol. The first-order valence-electron chi connectivity index (χ1n) is 4.18. The summed E-state index contributed by atoms with van der Waals surface area (Å²) in [5.41, 5.74) is 6.46. The topological polar surface area (TPSA) is 76.4 Å². The molecular weight excluding hydrogens is 168 g/mol. The molecule has 72 valence electrons. The summed E-state index contributed by atoms with van der Waals surface area (Å²) in [6.45, 7) is 2.79. The van der Waals surface area contributed by atoms with E-state index in [2.05, 4.69) is 10.3 Å². The van der Waals surface area contributed by atoms with Gasteiger partial charge in [0.1, 0.15) is 5.84 Å². The SMILES string of the molecule is Cc1cnn(CCC/C(N)=N/O)c1. The largest absolute Gasteiger partial charge is 0.409 e. The third-order valence-corrected chi connectivity index (χ3v) is 1.71. The molecule has 0 bridgehead atoms. The molecule has 0 aromatic carbocycles. The fraction of sp³-hybridized carbons (Fsp3) is 0.500. The van der Waals surface area contributed by atoms with Crippen molar-refractivity contribution in [3.05, 3.63) is 18.0 Å². The van der Waals surface area contributed by atoms with Crippen LogP contribution < -0.4 is 5.73 Å². The van der Waals surface area contributed by atoms with Gasteiger partial charge in [0.05, 0.1) is 6.20 Å². The van der Waals surface area contributed by atoms with Gasteiger partial charge in [0, 0.05) is 19.2 Å². The zero-order chi connectivity index (χ0) is 9.68. The van der Waals surface area contributed by atoms with Crippen LogP contribution in [0.1, 0.15) is 18.4 Å². The Bertz CT molecular complexity index is 292. The van der Waals surface area contributed by atoms with Crippen molar-refractivity contribution in [2.24, 2.45) is 10.9 Å². The van der Waals surface area contributed by atoms with Crippen molar-refractivity contribution < 1.29 is 5.21 Å². The first-order valence-corrected chi connectivity index (χ1v) is 4.18. The Kier molecular flexibility index (Phi) is 3.31. The number of nitrogens with zero attached hydrogens (tertiary/aromatic N) is 3. The van der Waals surface area contributed by atoms with Crippen molar-refractivity contribution in [1.29, 1.82) is 0 Å². The molecule has 0 radical (unpaired) electrons. The minimum atomic E-state index is 0.267. The van der Waals surface area contributed by atoms with Crippen LogP contribution in [0.4, 0.5) is 0 Å². The van der Waals surface area contributed by atoms with Crippen LogP contribution in [0.15, 0.2) is 17.5 Å². The number of amidine groups is 1. The zero-order valence-electron chi connectivity index (χ0n) is 7.64. The molecule has 1 aromatic rings. The molecule has 1 heterocycles. The highest BCUT2D eigenvalue weighted by molar-refractivity contribution is 5.79. The minimum absolute atomic E-state index is 0.267. The summed E-state index contributed by atoms with van der Waals surface area (Å²) in [6, 6.07) is 0. The molecule has 0 atom stereocenters. The molecule has 3 N–H and O–H groups in total. The summed E-state index contributed by atoms with van der Waals surface area (Å²) in [4.78, 5) is 0. The molecule has 13 heavy (non-hydrogen) atoms. The van der Waals surface area contributed by atoms with Gasteiger partial charge in [-0.15, -0.1) is 0 Å². The smallest absolute Gasteiger partial charge is 0.139 e. The van der Waals surface area contributed by atoms with Crippen molar-refractivity contribution >= 4 is 5.84 Å². The Balaban J connectivity index is 2.28. The van der Waals surface area contributed by atoms with Gasteiger partial charge in [0.25, 0.3) is 0 Å². The lowest BCUT2D eigenvalue weighted by Crippen LogP contribution is -2.12. The monoisotopic (exact) mass is 182 g/mol. The van der Waals surface area contributed by atoms with Crippen molar-refractivity contribution in [1.82, 2.24) is 9.78 Å². The Morgan fingerprint density at radius 2 is 2.54 bits per heavy atom. The maximum Gasteiger partial charge on any atom is 0.139 e. The number of aromatic nitrogens is 2. The second-order valence-corrected chi connectivity index (χ2v) is 2.98. The van der Waals surface area contributed by atoms with Crippen LogP contribution in [0.25, 0.3) is 0 Å². The van der Waals surface area contributed by atoms with Gasteiger partial charge in [-0.3, -0.25) is 4.68 Å². The number of nitrogens with two attached hydrogens (primary N) is 1. The van der Waals surface area contributed by atoms with Crippen LogP contribution in [0.2, 0.25) is 0 Å². The summed E-state index contributed by atoms with van der Waals surface area (Å²) >= 11 is 0. The van der Waals surface area contributed by atoms with Crippen LogP contribution in [0.5, 0.6) is 0 Å². The maximum absolute atomic E-state index is 8.28. The van der Waals surface area contributed by atoms with E-state index in [4.69, 9.17) is 10.9 Å². The maximum atomic E-state index is 8.28. The highest BCUT2D eigenvalue weighted by atomic mass is 16.4. The van der Waals surface area contributed by atoms with Crippen molar-refractivity contribution in [2.45, 2.75) is 26.3 Å². The number of aryl methyl sites for hydroxylation is 2. The van der Waals surface area contributed by atoms with Gasteiger partial charge in [-0.2, -0.15) is 5.10 Å². The third-order valence-electron chi connectivity index (χ3n) is 1.71. The molecule has 0 spiro atoms. The molecule has 0 fully saturated rings. The molecule has 0 amide bonds. The zero-order valence-corrected chi connectivity index (χ0v) is 7.64. The van der Waals surface area contributed by atoms with E-state index in [0.717, 1.165) is 18.5 Å². The lowest BCUT2D eigenvalue weighted by Gasteiger charge is -1.99. The van der Waals surface area contributed by atoms with E-state index in [9.17, 15) is 0 Å². The molecular formula is C8H14N4O. The predicted molar refractivity (Wildman–Crippen MR) is 49.6 cm³/mol. The Morgan fingerprint density at radius 3 is 3.08 bits per heavy atom. The molecule has 5 nitrogen and oxygen atoms in total. The molecule has 1 aromatic heterocycles. The first-order chi connectivity index (χ1) is 6.22. The van der Waals surface area contributed by atoms with Gasteiger partial charge < -0.3 is 10.9 Å². The van der Waals surface area contributed by atoms with E-state index in [1.54, 1.807) is 0 Å². The quantitative estimate of drug-likeness (QED) is 0.312. The van der Waals surface area contributed by atoms with Gasteiger partial charge in [-0.25, -0.2) is 0 Å². The third kappa shape index (κ3) is 3.14. The Morgan fingerprint density at radius 1 is 1.77 bits per heavy atom. The highest BCUT2D eigenvalue weighted by Gasteiger charge is 1.96.